The van der Waals surface area contributed by atoms with Gasteiger partial charge in [0.2, 0.25) is 5.91 Å². The Morgan fingerprint density at radius 2 is 2.24 bits per heavy atom. The molecular formula is C9H20N4O3S. The van der Waals surface area contributed by atoms with Crippen LogP contribution in [0.4, 0.5) is 0 Å². The first-order valence-corrected chi connectivity index (χ1v) is 7.15. The highest BCUT2D eigenvalue weighted by atomic mass is 32.2. The maximum atomic E-state index is 12.0. The molecule has 8 heteroatoms. The van der Waals surface area contributed by atoms with Crippen LogP contribution in [-0.4, -0.2) is 57.9 Å². The van der Waals surface area contributed by atoms with Crippen LogP contribution in [0.2, 0.25) is 0 Å². The minimum Gasteiger partial charge on any atom is -0.358 e. The first-order chi connectivity index (χ1) is 8.03. The minimum absolute atomic E-state index is 0.293. The summed E-state index contributed by atoms with van der Waals surface area (Å²) in [5.74, 6) is -0.293. The zero-order valence-corrected chi connectivity index (χ0v) is 11.0. The molecule has 0 radical (unpaired) electrons. The van der Waals surface area contributed by atoms with Crippen LogP contribution in [0.3, 0.4) is 0 Å². The fourth-order valence-corrected chi connectivity index (χ4v) is 3.14. The standard InChI is InChI=1S/C9H20N4O3S/c1-3-4-12-17(15,16)13-6-5-11-7-8(13)9(14)10-2/h8,11-12H,3-7H2,1-2H3,(H,10,14). The van der Waals surface area contributed by atoms with Gasteiger partial charge >= 0.3 is 0 Å². The van der Waals surface area contributed by atoms with Gasteiger partial charge in [-0.3, -0.25) is 4.79 Å². The zero-order valence-electron chi connectivity index (χ0n) is 10.2. The molecule has 0 aromatic rings. The summed E-state index contributed by atoms with van der Waals surface area (Å²) in [5.41, 5.74) is 0. The normalized spacial score (nSPS) is 22.4. The van der Waals surface area contributed by atoms with Crippen LogP contribution in [0.25, 0.3) is 0 Å². The molecule has 1 fully saturated rings. The predicted octanol–water partition coefficient (Wildman–Crippen LogP) is -1.75. The maximum absolute atomic E-state index is 12.0. The molecule has 1 heterocycles. The smallest absolute Gasteiger partial charge is 0.280 e. The van der Waals surface area contributed by atoms with Crippen molar-refractivity contribution < 1.29 is 13.2 Å². The van der Waals surface area contributed by atoms with Crippen LogP contribution in [0.15, 0.2) is 0 Å². The van der Waals surface area contributed by atoms with Crippen molar-refractivity contribution in [2.75, 3.05) is 33.2 Å². The molecule has 0 aromatic heterocycles. The zero-order chi connectivity index (χ0) is 12.9. The molecule has 0 saturated carbocycles. The van der Waals surface area contributed by atoms with Crippen molar-refractivity contribution in [3.05, 3.63) is 0 Å². The summed E-state index contributed by atoms with van der Waals surface area (Å²) >= 11 is 0. The van der Waals surface area contributed by atoms with E-state index in [-0.39, 0.29) is 5.91 Å². The van der Waals surface area contributed by atoms with Gasteiger partial charge in [-0.25, -0.2) is 4.72 Å². The molecule has 1 aliphatic rings. The van der Waals surface area contributed by atoms with E-state index in [1.807, 2.05) is 6.92 Å². The summed E-state index contributed by atoms with van der Waals surface area (Å²) < 4.78 is 27.7. The van der Waals surface area contributed by atoms with Gasteiger partial charge in [-0.15, -0.1) is 0 Å². The van der Waals surface area contributed by atoms with E-state index >= 15 is 0 Å². The van der Waals surface area contributed by atoms with Crippen LogP contribution in [0, 0.1) is 0 Å². The molecule has 1 atom stereocenters. The van der Waals surface area contributed by atoms with Crippen molar-refractivity contribution >= 4 is 16.1 Å². The number of nitrogens with zero attached hydrogens (tertiary/aromatic N) is 1. The Hall–Kier alpha value is -0.700. The van der Waals surface area contributed by atoms with Crippen LogP contribution in [0.1, 0.15) is 13.3 Å². The molecule has 1 unspecified atom stereocenters. The molecule has 1 saturated heterocycles. The van der Waals surface area contributed by atoms with Crippen molar-refractivity contribution in [3.63, 3.8) is 0 Å². The Balaban J connectivity index is 2.80. The Kier molecular flexibility index (Phi) is 5.31. The second kappa shape index (κ2) is 6.29. The van der Waals surface area contributed by atoms with E-state index in [4.69, 9.17) is 0 Å². The van der Waals surface area contributed by atoms with Gasteiger partial charge in [0.05, 0.1) is 0 Å². The third-order valence-electron chi connectivity index (χ3n) is 2.59. The summed E-state index contributed by atoms with van der Waals surface area (Å²) in [4.78, 5) is 11.6. The van der Waals surface area contributed by atoms with Gasteiger partial charge in [0.25, 0.3) is 10.2 Å². The van der Waals surface area contributed by atoms with Crippen molar-refractivity contribution in [1.29, 1.82) is 0 Å². The number of nitrogens with one attached hydrogen (secondary N) is 3. The fraction of sp³-hybridized carbons (Fsp3) is 0.889. The van der Waals surface area contributed by atoms with Crippen molar-refractivity contribution in [1.82, 2.24) is 19.7 Å². The van der Waals surface area contributed by atoms with E-state index in [1.165, 1.54) is 11.4 Å². The van der Waals surface area contributed by atoms with Crippen LogP contribution in [0.5, 0.6) is 0 Å². The van der Waals surface area contributed by atoms with Crippen LogP contribution >= 0.6 is 0 Å². The van der Waals surface area contributed by atoms with E-state index in [2.05, 4.69) is 15.4 Å². The SMILES string of the molecule is CCCNS(=O)(=O)N1CCNCC1C(=O)NC. The molecule has 0 spiro atoms. The lowest BCUT2D eigenvalue weighted by Gasteiger charge is -2.33. The van der Waals surface area contributed by atoms with E-state index < -0.39 is 16.3 Å². The molecule has 0 bridgehead atoms. The van der Waals surface area contributed by atoms with Gasteiger partial charge in [-0.05, 0) is 6.42 Å². The van der Waals surface area contributed by atoms with Gasteiger partial charge in [-0.1, -0.05) is 6.92 Å². The second-order valence-corrected chi connectivity index (χ2v) is 5.55. The molecule has 17 heavy (non-hydrogen) atoms. The van der Waals surface area contributed by atoms with E-state index in [1.54, 1.807) is 0 Å². The van der Waals surface area contributed by atoms with Crippen molar-refractivity contribution in [2.45, 2.75) is 19.4 Å². The number of hydrogen-bond donors (Lipinski definition) is 3. The van der Waals surface area contributed by atoms with E-state index in [9.17, 15) is 13.2 Å². The van der Waals surface area contributed by atoms with E-state index in [0.717, 1.165) is 6.42 Å². The molecular weight excluding hydrogens is 244 g/mol. The second-order valence-electron chi connectivity index (χ2n) is 3.84. The third kappa shape index (κ3) is 3.63. The quantitative estimate of drug-likeness (QED) is 0.549. The average Bonchev–Trinajstić information content (AvgIpc) is 2.35. The number of rotatable bonds is 5. The van der Waals surface area contributed by atoms with Crippen LogP contribution < -0.4 is 15.4 Å². The molecule has 3 N–H and O–H groups in total. The summed E-state index contributed by atoms with van der Waals surface area (Å²) in [6, 6.07) is -0.678. The van der Waals surface area contributed by atoms with Gasteiger partial charge in [0, 0.05) is 33.2 Å². The monoisotopic (exact) mass is 264 g/mol. The number of hydrogen-bond acceptors (Lipinski definition) is 4. The number of amides is 1. The van der Waals surface area contributed by atoms with Gasteiger partial charge in [-0.2, -0.15) is 12.7 Å². The number of piperazine rings is 1. The average molecular weight is 264 g/mol. The predicted molar refractivity (Wildman–Crippen MR) is 64.6 cm³/mol. The van der Waals surface area contributed by atoms with Gasteiger partial charge < -0.3 is 10.6 Å². The number of likely N-dealkylation sites (N-methyl/N-ethyl adjacent to an activating group) is 1. The lowest BCUT2D eigenvalue weighted by Crippen LogP contribution is -2.61. The first-order valence-electron chi connectivity index (χ1n) is 5.71. The lowest BCUT2D eigenvalue weighted by atomic mass is 10.2. The fourth-order valence-electron chi connectivity index (χ4n) is 1.68. The van der Waals surface area contributed by atoms with Crippen molar-refractivity contribution in [2.24, 2.45) is 0 Å². The highest BCUT2D eigenvalue weighted by Crippen LogP contribution is 2.08. The highest BCUT2D eigenvalue weighted by Gasteiger charge is 2.35. The number of carbonyl (C=O) groups excluding carboxylic acids is 1. The summed E-state index contributed by atoms with van der Waals surface area (Å²) in [6.07, 6.45) is 0.718. The number of carbonyl (C=O) groups is 1. The van der Waals surface area contributed by atoms with Gasteiger partial charge in [0.15, 0.2) is 0 Å². The third-order valence-corrected chi connectivity index (χ3v) is 4.21. The molecule has 0 aliphatic carbocycles. The highest BCUT2D eigenvalue weighted by molar-refractivity contribution is 7.87. The summed E-state index contributed by atoms with van der Waals surface area (Å²) in [6.45, 7) is 3.47. The molecule has 0 aromatic carbocycles. The van der Waals surface area contributed by atoms with Crippen LogP contribution in [-0.2, 0) is 15.0 Å². The molecule has 1 amide bonds. The van der Waals surface area contributed by atoms with E-state index in [0.29, 0.717) is 26.2 Å². The lowest BCUT2D eigenvalue weighted by molar-refractivity contribution is -0.124. The topological polar surface area (TPSA) is 90.5 Å². The largest absolute Gasteiger partial charge is 0.358 e. The van der Waals surface area contributed by atoms with Crippen molar-refractivity contribution in [3.8, 4) is 0 Å². The Morgan fingerprint density at radius 3 is 2.82 bits per heavy atom. The molecule has 7 nitrogen and oxygen atoms in total. The first kappa shape index (κ1) is 14.4. The minimum atomic E-state index is -3.57. The Morgan fingerprint density at radius 1 is 1.53 bits per heavy atom. The summed E-state index contributed by atoms with van der Waals surface area (Å²) in [7, 11) is -2.07. The Labute approximate surface area is 102 Å². The van der Waals surface area contributed by atoms with Gasteiger partial charge in [0.1, 0.15) is 6.04 Å². The molecule has 100 valence electrons. The Bertz CT molecular complexity index is 357. The summed E-state index contributed by atoms with van der Waals surface area (Å²) in [5, 5.41) is 5.49. The molecule has 1 rings (SSSR count). The molecule has 1 aliphatic heterocycles. The maximum Gasteiger partial charge on any atom is 0.280 e.